The number of hydrogen-bond donors (Lipinski definition) is 0. The lowest BCUT2D eigenvalue weighted by Crippen LogP contribution is -2.04. The number of hydrogen-bond acceptors (Lipinski definition) is 1. The highest BCUT2D eigenvalue weighted by molar-refractivity contribution is 9.10. The third-order valence-corrected chi connectivity index (χ3v) is 3.49. The lowest BCUT2D eigenvalue weighted by molar-refractivity contribution is 0.103. The molecule has 86 valence electrons. The highest BCUT2D eigenvalue weighted by atomic mass is 79.9. The third-order valence-electron chi connectivity index (χ3n) is 2.56. The molecule has 0 saturated heterocycles. The van der Waals surface area contributed by atoms with Gasteiger partial charge in [0.1, 0.15) is 0 Å². The number of aryl methyl sites for hydroxylation is 1. The first kappa shape index (κ1) is 12.3. The molecule has 17 heavy (non-hydrogen) atoms. The second-order valence-electron chi connectivity index (χ2n) is 3.77. The van der Waals surface area contributed by atoms with E-state index >= 15 is 0 Å². The Balaban J connectivity index is 2.51. The van der Waals surface area contributed by atoms with Gasteiger partial charge in [0.15, 0.2) is 5.78 Å². The summed E-state index contributed by atoms with van der Waals surface area (Å²) in [6.45, 7) is 1.90. The fraction of sp³-hybridized carbons (Fsp3) is 0.0714. The maximum absolute atomic E-state index is 12.4. The molecule has 2 rings (SSSR count). The third kappa shape index (κ3) is 2.59. The Kier molecular flexibility index (Phi) is 3.65. The first-order valence-corrected chi connectivity index (χ1v) is 6.32. The van der Waals surface area contributed by atoms with E-state index in [2.05, 4.69) is 15.9 Å². The van der Waals surface area contributed by atoms with Gasteiger partial charge in [0.2, 0.25) is 0 Å². The van der Waals surface area contributed by atoms with Crippen molar-refractivity contribution in [3.8, 4) is 0 Å². The van der Waals surface area contributed by atoms with Gasteiger partial charge >= 0.3 is 0 Å². The van der Waals surface area contributed by atoms with Crippen molar-refractivity contribution in [1.82, 2.24) is 0 Å². The number of rotatable bonds is 2. The molecule has 2 aromatic carbocycles. The van der Waals surface area contributed by atoms with Gasteiger partial charge in [-0.05, 0) is 36.8 Å². The Bertz CT molecular complexity index is 578. The Morgan fingerprint density at radius 3 is 2.53 bits per heavy atom. The standard InChI is InChI=1S/C14H10BrClO/c1-9-6-7-10(16)8-12(9)14(17)11-4-2-3-5-13(11)15/h2-8H,1H3. The average Bonchev–Trinajstić information content (AvgIpc) is 2.32. The van der Waals surface area contributed by atoms with Crippen molar-refractivity contribution < 1.29 is 4.79 Å². The molecule has 0 radical (unpaired) electrons. The Labute approximate surface area is 114 Å². The van der Waals surface area contributed by atoms with Gasteiger partial charge in [-0.1, -0.05) is 45.7 Å². The van der Waals surface area contributed by atoms with E-state index in [1.807, 2.05) is 31.2 Å². The zero-order valence-corrected chi connectivity index (χ0v) is 11.5. The Morgan fingerprint density at radius 2 is 1.82 bits per heavy atom. The summed E-state index contributed by atoms with van der Waals surface area (Å²) in [5.74, 6) is -0.0162. The predicted molar refractivity (Wildman–Crippen MR) is 73.8 cm³/mol. The van der Waals surface area contributed by atoms with Gasteiger partial charge in [0.05, 0.1) is 0 Å². The molecule has 2 aromatic rings. The van der Waals surface area contributed by atoms with Crippen LogP contribution < -0.4 is 0 Å². The van der Waals surface area contributed by atoms with Crippen LogP contribution >= 0.6 is 27.5 Å². The van der Waals surface area contributed by atoms with E-state index in [1.165, 1.54) is 0 Å². The van der Waals surface area contributed by atoms with Crippen LogP contribution in [0.1, 0.15) is 21.5 Å². The quantitative estimate of drug-likeness (QED) is 0.738. The van der Waals surface area contributed by atoms with Gasteiger partial charge in [-0.15, -0.1) is 0 Å². The average molecular weight is 310 g/mol. The van der Waals surface area contributed by atoms with Crippen LogP contribution in [0.5, 0.6) is 0 Å². The summed E-state index contributed by atoms with van der Waals surface area (Å²) >= 11 is 9.31. The maximum Gasteiger partial charge on any atom is 0.194 e. The van der Waals surface area contributed by atoms with E-state index in [0.717, 1.165) is 10.0 Å². The number of halogens is 2. The van der Waals surface area contributed by atoms with Crippen molar-refractivity contribution in [3.05, 3.63) is 68.7 Å². The van der Waals surface area contributed by atoms with Crippen LogP contribution in [-0.2, 0) is 0 Å². The molecule has 0 bridgehead atoms. The lowest BCUT2D eigenvalue weighted by Gasteiger charge is -2.07. The lowest BCUT2D eigenvalue weighted by atomic mass is 9.99. The Morgan fingerprint density at radius 1 is 1.12 bits per heavy atom. The number of carbonyl (C=O) groups is 1. The summed E-state index contributed by atoms with van der Waals surface area (Å²) in [5, 5.41) is 0.575. The molecular formula is C14H10BrClO. The van der Waals surface area contributed by atoms with Crippen LogP contribution in [-0.4, -0.2) is 5.78 Å². The summed E-state index contributed by atoms with van der Waals surface area (Å²) in [6, 6.07) is 12.7. The highest BCUT2D eigenvalue weighted by Crippen LogP contribution is 2.23. The molecule has 0 aliphatic carbocycles. The monoisotopic (exact) mass is 308 g/mol. The van der Waals surface area contributed by atoms with E-state index in [0.29, 0.717) is 16.1 Å². The molecule has 0 saturated carbocycles. The largest absolute Gasteiger partial charge is 0.289 e. The fourth-order valence-electron chi connectivity index (χ4n) is 1.63. The van der Waals surface area contributed by atoms with Crippen molar-refractivity contribution >= 4 is 33.3 Å². The minimum absolute atomic E-state index is 0.0162. The summed E-state index contributed by atoms with van der Waals surface area (Å²) in [6.07, 6.45) is 0. The molecule has 0 aliphatic heterocycles. The van der Waals surface area contributed by atoms with Crippen molar-refractivity contribution in [2.24, 2.45) is 0 Å². The van der Waals surface area contributed by atoms with E-state index in [1.54, 1.807) is 18.2 Å². The first-order valence-electron chi connectivity index (χ1n) is 5.15. The molecule has 0 spiro atoms. The zero-order chi connectivity index (χ0) is 12.4. The second-order valence-corrected chi connectivity index (χ2v) is 5.06. The molecule has 0 N–H and O–H groups in total. The minimum atomic E-state index is -0.0162. The van der Waals surface area contributed by atoms with E-state index in [4.69, 9.17) is 11.6 Å². The SMILES string of the molecule is Cc1ccc(Cl)cc1C(=O)c1ccccc1Br. The summed E-state index contributed by atoms with van der Waals surface area (Å²) in [5.41, 5.74) is 2.22. The highest BCUT2D eigenvalue weighted by Gasteiger charge is 2.14. The summed E-state index contributed by atoms with van der Waals surface area (Å²) < 4.78 is 0.796. The summed E-state index contributed by atoms with van der Waals surface area (Å²) in [7, 11) is 0. The molecule has 3 heteroatoms. The molecule has 0 amide bonds. The maximum atomic E-state index is 12.4. The van der Waals surface area contributed by atoms with E-state index in [-0.39, 0.29) is 5.78 Å². The molecule has 0 atom stereocenters. The molecule has 1 nitrogen and oxygen atoms in total. The zero-order valence-electron chi connectivity index (χ0n) is 9.21. The number of ketones is 1. The summed E-state index contributed by atoms with van der Waals surface area (Å²) in [4.78, 5) is 12.4. The van der Waals surface area contributed by atoms with Gasteiger partial charge in [0.25, 0.3) is 0 Å². The number of benzene rings is 2. The van der Waals surface area contributed by atoms with Gasteiger partial charge in [0, 0.05) is 20.6 Å². The first-order chi connectivity index (χ1) is 8.09. The van der Waals surface area contributed by atoms with Crippen LogP contribution in [0.3, 0.4) is 0 Å². The molecule has 0 heterocycles. The topological polar surface area (TPSA) is 17.1 Å². The van der Waals surface area contributed by atoms with Crippen LogP contribution in [0, 0.1) is 6.92 Å². The minimum Gasteiger partial charge on any atom is -0.289 e. The smallest absolute Gasteiger partial charge is 0.194 e. The Hall–Kier alpha value is -1.12. The van der Waals surface area contributed by atoms with Gasteiger partial charge in [-0.2, -0.15) is 0 Å². The van der Waals surface area contributed by atoms with Crippen molar-refractivity contribution in [3.63, 3.8) is 0 Å². The molecule has 0 aliphatic rings. The van der Waals surface area contributed by atoms with Crippen LogP contribution in [0.25, 0.3) is 0 Å². The fourth-order valence-corrected chi connectivity index (χ4v) is 2.27. The molecule has 0 aromatic heterocycles. The van der Waals surface area contributed by atoms with Gasteiger partial charge < -0.3 is 0 Å². The van der Waals surface area contributed by atoms with Crippen LogP contribution in [0.2, 0.25) is 5.02 Å². The normalized spacial score (nSPS) is 10.3. The molecule has 0 fully saturated rings. The second kappa shape index (κ2) is 5.03. The molecular weight excluding hydrogens is 300 g/mol. The predicted octanol–water partition coefficient (Wildman–Crippen LogP) is 4.64. The van der Waals surface area contributed by atoms with Crippen molar-refractivity contribution in [2.75, 3.05) is 0 Å². The number of carbonyl (C=O) groups excluding carboxylic acids is 1. The van der Waals surface area contributed by atoms with E-state index in [9.17, 15) is 4.79 Å². The van der Waals surface area contributed by atoms with Crippen molar-refractivity contribution in [2.45, 2.75) is 6.92 Å². The molecule has 0 unspecified atom stereocenters. The van der Waals surface area contributed by atoms with E-state index < -0.39 is 0 Å². The van der Waals surface area contributed by atoms with Gasteiger partial charge in [-0.3, -0.25) is 4.79 Å². The van der Waals surface area contributed by atoms with Crippen LogP contribution in [0.15, 0.2) is 46.9 Å². The van der Waals surface area contributed by atoms with Crippen LogP contribution in [0.4, 0.5) is 0 Å². The van der Waals surface area contributed by atoms with Crippen molar-refractivity contribution in [1.29, 1.82) is 0 Å². The van der Waals surface area contributed by atoms with Gasteiger partial charge in [-0.25, -0.2) is 0 Å².